The van der Waals surface area contributed by atoms with Gasteiger partial charge in [-0.1, -0.05) is 6.07 Å². The Bertz CT molecular complexity index is 595. The highest BCUT2D eigenvalue weighted by Gasteiger charge is 2.33. The van der Waals surface area contributed by atoms with E-state index < -0.39 is 0 Å². The third-order valence-corrected chi connectivity index (χ3v) is 4.17. The maximum absolute atomic E-state index is 12.7. The predicted octanol–water partition coefficient (Wildman–Crippen LogP) is 2.23. The molecule has 104 valence electrons. The molecular weight excluding hydrogens is 272 g/mol. The Morgan fingerprint density at radius 3 is 3.00 bits per heavy atom. The number of amides is 1. The smallest absolute Gasteiger partial charge is 0.254 e. The van der Waals surface area contributed by atoms with E-state index in [2.05, 4.69) is 16.5 Å². The molecule has 5 nitrogen and oxygen atoms in total. The fourth-order valence-corrected chi connectivity index (χ4v) is 2.83. The maximum Gasteiger partial charge on any atom is 0.254 e. The van der Waals surface area contributed by atoms with Gasteiger partial charge in [0.2, 0.25) is 0 Å². The Hall–Kier alpha value is -1.92. The van der Waals surface area contributed by atoms with Crippen LogP contribution in [0.25, 0.3) is 0 Å². The molecule has 0 saturated heterocycles. The number of nitrogen functional groups attached to an aromatic ring is 1. The van der Waals surface area contributed by atoms with E-state index in [0.717, 1.165) is 12.8 Å². The predicted molar refractivity (Wildman–Crippen MR) is 79.3 cm³/mol. The van der Waals surface area contributed by atoms with Gasteiger partial charge in [0.1, 0.15) is 5.82 Å². The van der Waals surface area contributed by atoms with Gasteiger partial charge in [-0.2, -0.15) is 0 Å². The van der Waals surface area contributed by atoms with Crippen LogP contribution in [0, 0.1) is 0 Å². The van der Waals surface area contributed by atoms with Crippen molar-refractivity contribution in [1.82, 2.24) is 9.88 Å². The highest BCUT2D eigenvalue weighted by Crippen LogP contribution is 2.30. The topological polar surface area (TPSA) is 71.2 Å². The minimum Gasteiger partial charge on any atom is -0.331 e. The number of pyridine rings is 1. The van der Waals surface area contributed by atoms with E-state index in [9.17, 15) is 4.79 Å². The molecule has 3 rings (SSSR count). The standard InChI is InChI=1S/C14H16N4OS/c15-17-13-8-10(5-6-16-13)14(19)18(11-3-4-11)9-12-2-1-7-20-12/h1-2,5-8,11H,3-4,9,15H2,(H,16,17). The summed E-state index contributed by atoms with van der Waals surface area (Å²) in [5.41, 5.74) is 3.09. The summed E-state index contributed by atoms with van der Waals surface area (Å²) in [5, 5.41) is 2.04. The first-order valence-electron chi connectivity index (χ1n) is 6.54. The second-order valence-electron chi connectivity index (χ2n) is 4.82. The van der Waals surface area contributed by atoms with Crippen molar-refractivity contribution in [1.29, 1.82) is 0 Å². The minimum absolute atomic E-state index is 0.0415. The number of hydrogen-bond acceptors (Lipinski definition) is 5. The van der Waals surface area contributed by atoms with Gasteiger partial charge < -0.3 is 10.3 Å². The lowest BCUT2D eigenvalue weighted by atomic mass is 10.2. The largest absolute Gasteiger partial charge is 0.331 e. The molecule has 1 fully saturated rings. The molecule has 0 spiro atoms. The Morgan fingerprint density at radius 1 is 1.50 bits per heavy atom. The van der Waals surface area contributed by atoms with Crippen LogP contribution in [0.2, 0.25) is 0 Å². The van der Waals surface area contributed by atoms with E-state index in [1.807, 2.05) is 16.3 Å². The first kappa shape index (κ1) is 13.1. The summed E-state index contributed by atoms with van der Waals surface area (Å²) < 4.78 is 0. The van der Waals surface area contributed by atoms with Crippen molar-refractivity contribution in [3.8, 4) is 0 Å². The van der Waals surface area contributed by atoms with E-state index in [-0.39, 0.29) is 5.91 Å². The number of thiophene rings is 1. The zero-order chi connectivity index (χ0) is 13.9. The second kappa shape index (κ2) is 5.60. The normalized spacial score (nSPS) is 14.1. The van der Waals surface area contributed by atoms with Gasteiger partial charge in [0, 0.05) is 22.7 Å². The summed E-state index contributed by atoms with van der Waals surface area (Å²) in [5.74, 6) is 5.89. The molecule has 2 aromatic heterocycles. The highest BCUT2D eigenvalue weighted by molar-refractivity contribution is 7.09. The van der Waals surface area contributed by atoms with Crippen LogP contribution >= 0.6 is 11.3 Å². The van der Waals surface area contributed by atoms with E-state index in [0.29, 0.717) is 24.0 Å². The van der Waals surface area contributed by atoms with Crippen LogP contribution in [0.1, 0.15) is 28.1 Å². The zero-order valence-electron chi connectivity index (χ0n) is 11.0. The van der Waals surface area contributed by atoms with Crippen molar-refractivity contribution in [2.75, 3.05) is 5.43 Å². The number of hydrazine groups is 1. The van der Waals surface area contributed by atoms with Crippen molar-refractivity contribution >= 4 is 23.1 Å². The summed E-state index contributed by atoms with van der Waals surface area (Å²) in [7, 11) is 0. The minimum atomic E-state index is 0.0415. The van der Waals surface area contributed by atoms with E-state index in [4.69, 9.17) is 5.84 Å². The molecule has 1 aliphatic carbocycles. The SMILES string of the molecule is NNc1cc(C(=O)N(Cc2cccs2)C2CC2)ccn1. The molecule has 0 aromatic carbocycles. The first-order valence-corrected chi connectivity index (χ1v) is 7.42. The number of nitrogens with two attached hydrogens (primary N) is 1. The van der Waals surface area contributed by atoms with Crippen LogP contribution in [0.4, 0.5) is 5.82 Å². The fourth-order valence-electron chi connectivity index (χ4n) is 2.13. The monoisotopic (exact) mass is 288 g/mol. The summed E-state index contributed by atoms with van der Waals surface area (Å²) >= 11 is 1.68. The molecule has 6 heteroatoms. The van der Waals surface area contributed by atoms with E-state index >= 15 is 0 Å². The molecule has 0 radical (unpaired) electrons. The molecule has 2 heterocycles. The van der Waals surface area contributed by atoms with Gasteiger partial charge in [-0.15, -0.1) is 11.3 Å². The van der Waals surface area contributed by atoms with Gasteiger partial charge in [-0.05, 0) is 36.4 Å². The van der Waals surface area contributed by atoms with Crippen LogP contribution < -0.4 is 11.3 Å². The summed E-state index contributed by atoms with van der Waals surface area (Å²) in [4.78, 5) is 19.8. The number of nitrogens with zero attached hydrogens (tertiary/aromatic N) is 2. The van der Waals surface area contributed by atoms with Gasteiger partial charge in [0.15, 0.2) is 0 Å². The molecule has 20 heavy (non-hydrogen) atoms. The molecule has 1 aliphatic rings. The number of anilines is 1. The van der Waals surface area contributed by atoms with Crippen LogP contribution in [0.15, 0.2) is 35.8 Å². The Balaban J connectivity index is 1.81. The van der Waals surface area contributed by atoms with Crippen LogP contribution in [-0.4, -0.2) is 21.8 Å². The van der Waals surface area contributed by atoms with Crippen molar-refractivity contribution in [3.05, 3.63) is 46.3 Å². The fraction of sp³-hybridized carbons (Fsp3) is 0.286. The van der Waals surface area contributed by atoms with Crippen LogP contribution in [0.3, 0.4) is 0 Å². The zero-order valence-corrected chi connectivity index (χ0v) is 11.8. The summed E-state index contributed by atoms with van der Waals surface area (Å²) in [6, 6.07) is 7.86. The maximum atomic E-state index is 12.7. The molecule has 2 aromatic rings. The molecular formula is C14H16N4OS. The van der Waals surface area contributed by atoms with Crippen LogP contribution in [-0.2, 0) is 6.54 Å². The molecule has 1 amide bonds. The number of nitrogens with one attached hydrogen (secondary N) is 1. The number of carbonyl (C=O) groups excluding carboxylic acids is 1. The van der Waals surface area contributed by atoms with Crippen molar-refractivity contribution in [3.63, 3.8) is 0 Å². The lowest BCUT2D eigenvalue weighted by molar-refractivity contribution is 0.0731. The average Bonchev–Trinajstić information content (AvgIpc) is 3.20. The van der Waals surface area contributed by atoms with Gasteiger partial charge in [0.05, 0.1) is 6.54 Å². The molecule has 0 atom stereocenters. The number of rotatable bonds is 5. The molecule has 0 bridgehead atoms. The summed E-state index contributed by atoms with van der Waals surface area (Å²) in [6.07, 6.45) is 3.77. The average molecular weight is 288 g/mol. The molecule has 0 unspecified atom stereocenters. The third kappa shape index (κ3) is 2.81. The van der Waals surface area contributed by atoms with Crippen molar-refractivity contribution < 1.29 is 4.79 Å². The van der Waals surface area contributed by atoms with Crippen molar-refractivity contribution in [2.24, 2.45) is 5.84 Å². The number of carbonyl (C=O) groups is 1. The van der Waals surface area contributed by atoms with Gasteiger partial charge in [-0.25, -0.2) is 10.8 Å². The van der Waals surface area contributed by atoms with Crippen molar-refractivity contribution in [2.45, 2.75) is 25.4 Å². The van der Waals surface area contributed by atoms with E-state index in [1.54, 1.807) is 29.7 Å². The first-order chi connectivity index (χ1) is 9.78. The van der Waals surface area contributed by atoms with Crippen LogP contribution in [0.5, 0.6) is 0 Å². The number of hydrogen-bond donors (Lipinski definition) is 2. The lowest BCUT2D eigenvalue weighted by Gasteiger charge is -2.22. The Labute approximate surface area is 121 Å². The second-order valence-corrected chi connectivity index (χ2v) is 5.85. The molecule has 0 aliphatic heterocycles. The quantitative estimate of drug-likeness (QED) is 0.654. The third-order valence-electron chi connectivity index (χ3n) is 3.31. The van der Waals surface area contributed by atoms with Gasteiger partial charge in [0.25, 0.3) is 5.91 Å². The Morgan fingerprint density at radius 2 is 2.35 bits per heavy atom. The van der Waals surface area contributed by atoms with Gasteiger partial charge in [-0.3, -0.25) is 4.79 Å². The Kier molecular flexibility index (Phi) is 3.66. The molecule has 1 saturated carbocycles. The van der Waals surface area contributed by atoms with Gasteiger partial charge >= 0.3 is 0 Å². The number of aromatic nitrogens is 1. The summed E-state index contributed by atoms with van der Waals surface area (Å²) in [6.45, 7) is 0.675. The lowest BCUT2D eigenvalue weighted by Crippen LogP contribution is -2.32. The highest BCUT2D eigenvalue weighted by atomic mass is 32.1. The molecule has 3 N–H and O–H groups in total. The van der Waals surface area contributed by atoms with E-state index in [1.165, 1.54) is 4.88 Å².